The molecule has 0 bridgehead atoms. The summed E-state index contributed by atoms with van der Waals surface area (Å²) in [5.41, 5.74) is 2.13. The first-order valence-corrected chi connectivity index (χ1v) is 6.11. The van der Waals surface area contributed by atoms with E-state index in [0.29, 0.717) is 6.54 Å². The summed E-state index contributed by atoms with van der Waals surface area (Å²) < 4.78 is 5.00. The second-order valence-corrected chi connectivity index (χ2v) is 4.62. The highest BCUT2D eigenvalue weighted by atomic mass is 16.4. The minimum Gasteiger partial charge on any atom is -0.475 e. The van der Waals surface area contributed by atoms with Crippen LogP contribution in [0.3, 0.4) is 0 Å². The standard InChI is InChI=1S/C15H15NO4/c1-10-4-3-5-11(8-10)9-16(2)14(17)12-6-7-13(20-12)15(18)19/h3-8H,9H2,1-2H3,(H,18,19). The van der Waals surface area contributed by atoms with Crippen molar-refractivity contribution < 1.29 is 19.1 Å². The summed E-state index contributed by atoms with van der Waals surface area (Å²) in [4.78, 5) is 24.3. The maximum absolute atomic E-state index is 12.1. The lowest BCUT2D eigenvalue weighted by Crippen LogP contribution is -2.25. The van der Waals surface area contributed by atoms with Crippen LogP contribution in [0.2, 0.25) is 0 Å². The molecule has 5 heteroatoms. The molecule has 104 valence electrons. The molecule has 0 atom stereocenters. The smallest absolute Gasteiger partial charge is 0.371 e. The number of amides is 1. The fraction of sp³-hybridized carbons (Fsp3) is 0.200. The molecule has 1 amide bonds. The van der Waals surface area contributed by atoms with Gasteiger partial charge in [0.15, 0.2) is 5.76 Å². The predicted molar refractivity (Wildman–Crippen MR) is 72.6 cm³/mol. The number of carbonyl (C=O) groups is 2. The second kappa shape index (κ2) is 5.61. The zero-order chi connectivity index (χ0) is 14.7. The zero-order valence-corrected chi connectivity index (χ0v) is 11.3. The van der Waals surface area contributed by atoms with Gasteiger partial charge in [0.25, 0.3) is 5.91 Å². The molecule has 0 spiro atoms. The van der Waals surface area contributed by atoms with Gasteiger partial charge in [-0.15, -0.1) is 0 Å². The van der Waals surface area contributed by atoms with E-state index in [1.807, 2.05) is 31.2 Å². The average Bonchev–Trinajstić information content (AvgIpc) is 2.87. The van der Waals surface area contributed by atoms with E-state index in [1.165, 1.54) is 17.0 Å². The number of carboxylic acid groups (broad SMARTS) is 1. The first-order valence-electron chi connectivity index (χ1n) is 6.11. The van der Waals surface area contributed by atoms with Crippen molar-refractivity contribution in [3.8, 4) is 0 Å². The van der Waals surface area contributed by atoms with E-state index in [0.717, 1.165) is 11.1 Å². The lowest BCUT2D eigenvalue weighted by atomic mass is 10.1. The van der Waals surface area contributed by atoms with Crippen LogP contribution in [0.4, 0.5) is 0 Å². The summed E-state index contributed by atoms with van der Waals surface area (Å²) in [5, 5.41) is 8.77. The van der Waals surface area contributed by atoms with Crippen LogP contribution in [0, 0.1) is 6.92 Å². The quantitative estimate of drug-likeness (QED) is 0.929. The van der Waals surface area contributed by atoms with Crippen LogP contribution in [-0.4, -0.2) is 28.9 Å². The van der Waals surface area contributed by atoms with Crippen molar-refractivity contribution >= 4 is 11.9 Å². The average molecular weight is 273 g/mol. The van der Waals surface area contributed by atoms with Gasteiger partial charge < -0.3 is 14.4 Å². The van der Waals surface area contributed by atoms with Crippen molar-refractivity contribution in [3.63, 3.8) is 0 Å². The number of benzene rings is 1. The Kier molecular flexibility index (Phi) is 3.89. The summed E-state index contributed by atoms with van der Waals surface area (Å²) in [6.07, 6.45) is 0. The molecule has 0 aliphatic rings. The molecule has 0 aliphatic heterocycles. The molecule has 2 rings (SSSR count). The number of carboxylic acids is 1. The molecule has 0 saturated heterocycles. The lowest BCUT2D eigenvalue weighted by Gasteiger charge is -2.16. The van der Waals surface area contributed by atoms with E-state index in [1.54, 1.807) is 7.05 Å². The number of aryl methyl sites for hydroxylation is 1. The highest BCUT2D eigenvalue weighted by Gasteiger charge is 2.18. The van der Waals surface area contributed by atoms with Crippen LogP contribution >= 0.6 is 0 Å². The molecule has 2 aromatic rings. The number of hydrogen-bond donors (Lipinski definition) is 1. The van der Waals surface area contributed by atoms with Gasteiger partial charge in [0.05, 0.1) is 0 Å². The van der Waals surface area contributed by atoms with Crippen molar-refractivity contribution in [3.05, 3.63) is 59.0 Å². The summed E-state index contributed by atoms with van der Waals surface area (Å²) in [6, 6.07) is 10.5. The SMILES string of the molecule is Cc1cccc(CN(C)C(=O)c2ccc(C(=O)O)o2)c1. The Morgan fingerprint density at radius 2 is 1.90 bits per heavy atom. The van der Waals surface area contributed by atoms with E-state index in [2.05, 4.69) is 0 Å². The molecule has 0 saturated carbocycles. The maximum atomic E-state index is 12.1. The normalized spacial score (nSPS) is 10.3. The summed E-state index contributed by atoms with van der Waals surface area (Å²) >= 11 is 0. The Hall–Kier alpha value is -2.56. The molecule has 0 unspecified atom stereocenters. The largest absolute Gasteiger partial charge is 0.475 e. The molecule has 5 nitrogen and oxygen atoms in total. The zero-order valence-electron chi connectivity index (χ0n) is 11.3. The van der Waals surface area contributed by atoms with Crippen LogP contribution in [0.5, 0.6) is 0 Å². The number of aromatic carboxylic acids is 1. The Balaban J connectivity index is 2.10. The van der Waals surface area contributed by atoms with E-state index >= 15 is 0 Å². The van der Waals surface area contributed by atoms with Gasteiger partial charge in [-0.2, -0.15) is 0 Å². The van der Waals surface area contributed by atoms with Crippen molar-refractivity contribution in [2.24, 2.45) is 0 Å². The van der Waals surface area contributed by atoms with Gasteiger partial charge in [0.2, 0.25) is 5.76 Å². The number of carbonyl (C=O) groups excluding carboxylic acids is 1. The maximum Gasteiger partial charge on any atom is 0.371 e. The van der Waals surface area contributed by atoms with E-state index in [-0.39, 0.29) is 17.4 Å². The van der Waals surface area contributed by atoms with Crippen molar-refractivity contribution in [2.75, 3.05) is 7.05 Å². The van der Waals surface area contributed by atoms with Crippen LogP contribution in [0.25, 0.3) is 0 Å². The third-order valence-electron chi connectivity index (χ3n) is 2.88. The van der Waals surface area contributed by atoms with Gasteiger partial charge in [-0.3, -0.25) is 4.79 Å². The van der Waals surface area contributed by atoms with Crippen molar-refractivity contribution in [2.45, 2.75) is 13.5 Å². The monoisotopic (exact) mass is 273 g/mol. The third-order valence-corrected chi connectivity index (χ3v) is 2.88. The number of furan rings is 1. The second-order valence-electron chi connectivity index (χ2n) is 4.62. The third kappa shape index (κ3) is 3.06. The highest BCUT2D eigenvalue weighted by Crippen LogP contribution is 2.13. The van der Waals surface area contributed by atoms with Gasteiger partial charge in [0.1, 0.15) is 0 Å². The van der Waals surface area contributed by atoms with Gasteiger partial charge in [-0.1, -0.05) is 29.8 Å². The summed E-state index contributed by atoms with van der Waals surface area (Å²) in [6.45, 7) is 2.42. The number of hydrogen-bond acceptors (Lipinski definition) is 3. The van der Waals surface area contributed by atoms with Crippen LogP contribution < -0.4 is 0 Å². The summed E-state index contributed by atoms with van der Waals surface area (Å²) in [5.74, 6) is -1.75. The molecule has 1 N–H and O–H groups in total. The summed E-state index contributed by atoms with van der Waals surface area (Å²) in [7, 11) is 1.65. The highest BCUT2D eigenvalue weighted by molar-refractivity contribution is 5.93. The first-order chi connectivity index (χ1) is 9.47. The predicted octanol–water partition coefficient (Wildman–Crippen LogP) is 2.56. The molecule has 1 aromatic heterocycles. The van der Waals surface area contributed by atoms with E-state index in [9.17, 15) is 9.59 Å². The molecule has 0 aliphatic carbocycles. The molecular formula is C15H15NO4. The fourth-order valence-corrected chi connectivity index (χ4v) is 1.91. The minimum absolute atomic E-state index is 0.0255. The van der Waals surface area contributed by atoms with Gasteiger partial charge in [-0.05, 0) is 24.6 Å². The molecule has 0 fully saturated rings. The van der Waals surface area contributed by atoms with Gasteiger partial charge >= 0.3 is 5.97 Å². The van der Waals surface area contributed by atoms with Crippen LogP contribution in [-0.2, 0) is 6.54 Å². The Morgan fingerprint density at radius 3 is 2.50 bits per heavy atom. The van der Waals surface area contributed by atoms with Gasteiger partial charge in [0, 0.05) is 13.6 Å². The minimum atomic E-state index is -1.19. The molecule has 0 radical (unpaired) electrons. The first kappa shape index (κ1) is 13.9. The van der Waals surface area contributed by atoms with Gasteiger partial charge in [-0.25, -0.2) is 4.79 Å². The van der Waals surface area contributed by atoms with Crippen molar-refractivity contribution in [1.82, 2.24) is 4.90 Å². The van der Waals surface area contributed by atoms with Crippen LogP contribution in [0.1, 0.15) is 32.2 Å². The number of nitrogens with zero attached hydrogens (tertiary/aromatic N) is 1. The van der Waals surface area contributed by atoms with E-state index < -0.39 is 5.97 Å². The Labute approximate surface area is 116 Å². The van der Waals surface area contributed by atoms with Crippen molar-refractivity contribution in [1.29, 1.82) is 0 Å². The lowest BCUT2D eigenvalue weighted by molar-refractivity contribution is 0.0653. The molecule has 1 aromatic carbocycles. The van der Waals surface area contributed by atoms with E-state index in [4.69, 9.17) is 9.52 Å². The van der Waals surface area contributed by atoms with Crippen LogP contribution in [0.15, 0.2) is 40.8 Å². The fourth-order valence-electron chi connectivity index (χ4n) is 1.91. The Morgan fingerprint density at radius 1 is 1.20 bits per heavy atom. The molecular weight excluding hydrogens is 258 g/mol. The number of rotatable bonds is 4. The molecule has 20 heavy (non-hydrogen) atoms. The molecule has 1 heterocycles. The Bertz CT molecular complexity index is 645. The topological polar surface area (TPSA) is 70.8 Å².